The van der Waals surface area contributed by atoms with E-state index < -0.39 is 0 Å². The third-order valence-corrected chi connectivity index (χ3v) is 4.30. The number of piperidine rings is 1. The SMILES string of the molecule is CC(C)CC(C)(C)N1C2CCCC1CC2. The van der Waals surface area contributed by atoms with Gasteiger partial charge < -0.3 is 0 Å². The summed E-state index contributed by atoms with van der Waals surface area (Å²) in [5.41, 5.74) is 0.431. The molecular formula is C14H27N. The molecule has 2 heterocycles. The normalized spacial score (nSPS) is 32.6. The van der Waals surface area contributed by atoms with E-state index in [1.54, 1.807) is 0 Å². The molecule has 0 aromatic heterocycles. The third-order valence-electron chi connectivity index (χ3n) is 4.30. The molecule has 2 fully saturated rings. The molecule has 1 nitrogen and oxygen atoms in total. The molecule has 0 amide bonds. The molecular weight excluding hydrogens is 182 g/mol. The van der Waals surface area contributed by atoms with Crippen LogP contribution in [-0.4, -0.2) is 22.5 Å². The number of fused-ring (bicyclic) bond motifs is 2. The smallest absolute Gasteiger partial charge is 0.0161 e. The fraction of sp³-hybridized carbons (Fsp3) is 1.00. The molecule has 0 N–H and O–H groups in total. The fourth-order valence-corrected chi connectivity index (χ4v) is 4.21. The largest absolute Gasteiger partial charge is 0.292 e. The van der Waals surface area contributed by atoms with Gasteiger partial charge in [-0.15, -0.1) is 0 Å². The van der Waals surface area contributed by atoms with Crippen LogP contribution < -0.4 is 0 Å². The number of hydrogen-bond acceptors (Lipinski definition) is 1. The van der Waals surface area contributed by atoms with E-state index in [1.165, 1.54) is 38.5 Å². The van der Waals surface area contributed by atoms with E-state index in [4.69, 9.17) is 0 Å². The monoisotopic (exact) mass is 209 g/mol. The highest BCUT2D eigenvalue weighted by atomic mass is 15.3. The lowest BCUT2D eigenvalue weighted by Crippen LogP contribution is -2.53. The van der Waals surface area contributed by atoms with Gasteiger partial charge in [-0.1, -0.05) is 20.3 Å². The van der Waals surface area contributed by atoms with Crippen LogP contribution in [0.25, 0.3) is 0 Å². The standard InChI is InChI=1S/C14H27N/c1-11(2)10-14(3,4)15-12-6-5-7-13(15)9-8-12/h11-13H,5-10H2,1-4H3. The van der Waals surface area contributed by atoms with E-state index in [1.807, 2.05) is 0 Å². The lowest BCUT2D eigenvalue weighted by atomic mass is 9.86. The van der Waals surface area contributed by atoms with Crippen molar-refractivity contribution in [3.8, 4) is 0 Å². The zero-order valence-electron chi connectivity index (χ0n) is 10.9. The highest BCUT2D eigenvalue weighted by Gasteiger charge is 2.43. The summed E-state index contributed by atoms with van der Waals surface area (Å²) in [6.07, 6.45) is 8.66. The molecule has 0 aromatic rings. The van der Waals surface area contributed by atoms with Crippen molar-refractivity contribution in [2.24, 2.45) is 5.92 Å². The topological polar surface area (TPSA) is 3.24 Å². The maximum atomic E-state index is 2.87. The number of hydrogen-bond donors (Lipinski definition) is 0. The summed E-state index contributed by atoms with van der Waals surface area (Å²) in [7, 11) is 0. The molecule has 2 rings (SSSR count). The molecule has 0 aliphatic carbocycles. The zero-order chi connectivity index (χ0) is 11.1. The second kappa shape index (κ2) is 4.08. The minimum Gasteiger partial charge on any atom is -0.292 e. The average Bonchev–Trinajstić information content (AvgIpc) is 2.37. The predicted molar refractivity (Wildman–Crippen MR) is 66.0 cm³/mol. The molecule has 2 atom stereocenters. The molecule has 0 aromatic carbocycles. The highest BCUT2D eigenvalue weighted by molar-refractivity contribution is 4.99. The molecule has 2 aliphatic heterocycles. The molecule has 0 radical (unpaired) electrons. The summed E-state index contributed by atoms with van der Waals surface area (Å²) >= 11 is 0. The van der Waals surface area contributed by atoms with E-state index in [2.05, 4.69) is 32.6 Å². The first-order chi connectivity index (χ1) is 7.00. The van der Waals surface area contributed by atoms with Gasteiger partial charge in [0.05, 0.1) is 0 Å². The maximum Gasteiger partial charge on any atom is 0.0161 e. The molecule has 2 bridgehead atoms. The van der Waals surface area contributed by atoms with Crippen LogP contribution in [0, 0.1) is 5.92 Å². The Bertz CT molecular complexity index is 203. The fourth-order valence-electron chi connectivity index (χ4n) is 4.21. The Morgan fingerprint density at radius 1 is 1.07 bits per heavy atom. The maximum absolute atomic E-state index is 2.87. The summed E-state index contributed by atoms with van der Waals surface area (Å²) < 4.78 is 0. The molecule has 0 saturated carbocycles. The first kappa shape index (κ1) is 11.4. The Morgan fingerprint density at radius 2 is 1.60 bits per heavy atom. The Hall–Kier alpha value is -0.0400. The van der Waals surface area contributed by atoms with Gasteiger partial charge in [0.15, 0.2) is 0 Å². The van der Waals surface area contributed by atoms with Gasteiger partial charge in [0.2, 0.25) is 0 Å². The number of rotatable bonds is 3. The van der Waals surface area contributed by atoms with Crippen LogP contribution >= 0.6 is 0 Å². The molecule has 15 heavy (non-hydrogen) atoms. The highest BCUT2D eigenvalue weighted by Crippen LogP contribution is 2.42. The van der Waals surface area contributed by atoms with Crippen LogP contribution in [0.2, 0.25) is 0 Å². The first-order valence-electron chi connectivity index (χ1n) is 6.79. The molecule has 88 valence electrons. The zero-order valence-corrected chi connectivity index (χ0v) is 10.9. The van der Waals surface area contributed by atoms with Gasteiger partial charge in [-0.05, 0) is 51.9 Å². The minimum absolute atomic E-state index is 0.431. The molecule has 1 heteroatoms. The van der Waals surface area contributed by atoms with Crippen molar-refractivity contribution >= 4 is 0 Å². The van der Waals surface area contributed by atoms with Gasteiger partial charge in [-0.2, -0.15) is 0 Å². The summed E-state index contributed by atoms with van der Waals surface area (Å²) in [5, 5.41) is 0. The molecule has 0 spiro atoms. The van der Waals surface area contributed by atoms with Crippen LogP contribution in [0.5, 0.6) is 0 Å². The summed E-state index contributed by atoms with van der Waals surface area (Å²) in [6, 6.07) is 1.83. The lowest BCUT2D eigenvalue weighted by Gasteiger charge is -2.47. The van der Waals surface area contributed by atoms with E-state index in [-0.39, 0.29) is 0 Å². The van der Waals surface area contributed by atoms with Crippen LogP contribution in [0.15, 0.2) is 0 Å². The average molecular weight is 209 g/mol. The van der Waals surface area contributed by atoms with Crippen LogP contribution in [-0.2, 0) is 0 Å². The van der Waals surface area contributed by atoms with Crippen molar-refractivity contribution in [3.63, 3.8) is 0 Å². The van der Waals surface area contributed by atoms with Crippen molar-refractivity contribution in [2.75, 3.05) is 0 Å². The first-order valence-corrected chi connectivity index (χ1v) is 6.79. The number of nitrogens with zero attached hydrogens (tertiary/aromatic N) is 1. The van der Waals surface area contributed by atoms with E-state index >= 15 is 0 Å². The van der Waals surface area contributed by atoms with Gasteiger partial charge in [-0.3, -0.25) is 4.90 Å². The second-order valence-corrected chi connectivity index (χ2v) is 6.63. The van der Waals surface area contributed by atoms with E-state index in [0.717, 1.165) is 18.0 Å². The molecule has 2 unspecified atom stereocenters. The van der Waals surface area contributed by atoms with Crippen LogP contribution in [0.3, 0.4) is 0 Å². The van der Waals surface area contributed by atoms with E-state index in [0.29, 0.717) is 5.54 Å². The molecule has 2 saturated heterocycles. The van der Waals surface area contributed by atoms with Crippen molar-refractivity contribution in [2.45, 2.75) is 83.8 Å². The quantitative estimate of drug-likeness (QED) is 0.683. The Kier molecular flexibility index (Phi) is 3.12. The minimum atomic E-state index is 0.431. The predicted octanol–water partition coefficient (Wildman–Crippen LogP) is 3.83. The van der Waals surface area contributed by atoms with Crippen LogP contribution in [0.1, 0.15) is 66.2 Å². The van der Waals surface area contributed by atoms with Gasteiger partial charge in [0, 0.05) is 17.6 Å². The second-order valence-electron chi connectivity index (χ2n) is 6.63. The van der Waals surface area contributed by atoms with Gasteiger partial charge in [0.1, 0.15) is 0 Å². The lowest BCUT2D eigenvalue weighted by molar-refractivity contribution is 0.0194. The van der Waals surface area contributed by atoms with Crippen molar-refractivity contribution in [1.82, 2.24) is 4.90 Å². The van der Waals surface area contributed by atoms with Gasteiger partial charge >= 0.3 is 0 Å². The summed E-state index contributed by atoms with van der Waals surface area (Å²) in [6.45, 7) is 9.63. The summed E-state index contributed by atoms with van der Waals surface area (Å²) in [4.78, 5) is 2.87. The van der Waals surface area contributed by atoms with Crippen LogP contribution in [0.4, 0.5) is 0 Å². The molecule has 2 aliphatic rings. The van der Waals surface area contributed by atoms with Gasteiger partial charge in [-0.25, -0.2) is 0 Å². The van der Waals surface area contributed by atoms with Crippen molar-refractivity contribution < 1.29 is 0 Å². The third kappa shape index (κ3) is 2.22. The Balaban J connectivity index is 2.08. The van der Waals surface area contributed by atoms with Crippen molar-refractivity contribution in [1.29, 1.82) is 0 Å². The van der Waals surface area contributed by atoms with Gasteiger partial charge in [0.25, 0.3) is 0 Å². The Morgan fingerprint density at radius 3 is 2.07 bits per heavy atom. The van der Waals surface area contributed by atoms with E-state index in [9.17, 15) is 0 Å². The Labute approximate surface area is 95.2 Å². The van der Waals surface area contributed by atoms with Crippen molar-refractivity contribution in [3.05, 3.63) is 0 Å². The summed E-state index contributed by atoms with van der Waals surface area (Å²) in [5.74, 6) is 0.821.